The second kappa shape index (κ2) is 6.21. The van der Waals surface area contributed by atoms with Crippen molar-refractivity contribution in [1.82, 2.24) is 9.88 Å². The highest BCUT2D eigenvalue weighted by Gasteiger charge is 2.31. The summed E-state index contributed by atoms with van der Waals surface area (Å²) in [5, 5.41) is 6.28. The number of rotatable bonds is 3. The average Bonchev–Trinajstić information content (AvgIpc) is 3.05. The van der Waals surface area contributed by atoms with Crippen LogP contribution in [0.1, 0.15) is 5.56 Å². The predicted octanol–water partition coefficient (Wildman–Crippen LogP) is 3.98. The van der Waals surface area contributed by atoms with E-state index in [1.807, 2.05) is 41.5 Å². The van der Waals surface area contributed by atoms with Crippen LogP contribution in [-0.2, 0) is 0 Å². The van der Waals surface area contributed by atoms with Crippen molar-refractivity contribution in [3.8, 4) is 5.75 Å². The van der Waals surface area contributed by atoms with E-state index in [0.29, 0.717) is 6.67 Å². The third-order valence-corrected chi connectivity index (χ3v) is 3.85. The Balaban J connectivity index is 1.51. The van der Waals surface area contributed by atoms with Crippen molar-refractivity contribution in [2.24, 2.45) is 5.10 Å². The fourth-order valence-corrected chi connectivity index (χ4v) is 2.69. The van der Waals surface area contributed by atoms with Crippen LogP contribution < -0.4 is 9.75 Å². The number of pyridine rings is 1. The van der Waals surface area contributed by atoms with Gasteiger partial charge < -0.3 is 9.64 Å². The quantitative estimate of drug-likeness (QED) is 0.832. The fourth-order valence-electron chi connectivity index (χ4n) is 2.69. The number of allylic oxidation sites excluding steroid dienone is 2. The molecule has 2 aromatic rings. The highest BCUT2D eigenvalue weighted by molar-refractivity contribution is 6.01. The maximum atomic E-state index is 12.2. The maximum absolute atomic E-state index is 12.2. The van der Waals surface area contributed by atoms with Crippen LogP contribution in [-0.4, -0.2) is 28.8 Å². The number of halogens is 3. The van der Waals surface area contributed by atoms with Crippen molar-refractivity contribution in [1.29, 1.82) is 0 Å². The monoisotopic (exact) mass is 358 g/mol. The standard InChI is InChI=1S/C18H13F3N4O/c19-18(20,21)26-15-7-4-13(5-8-15)14-6-9-17-23-25(12-24(17)11-14)16-3-1-2-10-22-16/h1-11H,12H2. The Morgan fingerprint density at radius 2 is 1.81 bits per heavy atom. The van der Waals surface area contributed by atoms with Crippen molar-refractivity contribution < 1.29 is 17.9 Å². The molecule has 0 bridgehead atoms. The lowest BCUT2D eigenvalue weighted by molar-refractivity contribution is -0.274. The average molecular weight is 358 g/mol. The molecule has 0 amide bonds. The lowest BCUT2D eigenvalue weighted by Gasteiger charge is -2.20. The van der Waals surface area contributed by atoms with Gasteiger partial charge in [0, 0.05) is 12.4 Å². The highest BCUT2D eigenvalue weighted by atomic mass is 19.4. The third-order valence-electron chi connectivity index (χ3n) is 3.85. The molecule has 132 valence electrons. The summed E-state index contributed by atoms with van der Waals surface area (Å²) in [5.74, 6) is 1.27. The number of nitrogens with zero attached hydrogens (tertiary/aromatic N) is 4. The van der Waals surface area contributed by atoms with E-state index in [4.69, 9.17) is 0 Å². The van der Waals surface area contributed by atoms with Crippen LogP contribution in [0.25, 0.3) is 5.57 Å². The van der Waals surface area contributed by atoms with Crippen molar-refractivity contribution in [2.45, 2.75) is 6.36 Å². The van der Waals surface area contributed by atoms with E-state index < -0.39 is 6.36 Å². The number of amidine groups is 1. The van der Waals surface area contributed by atoms with Gasteiger partial charge in [-0.05, 0) is 47.6 Å². The zero-order valence-electron chi connectivity index (χ0n) is 13.4. The van der Waals surface area contributed by atoms with E-state index in [-0.39, 0.29) is 5.75 Å². The third kappa shape index (κ3) is 3.39. The molecule has 0 saturated carbocycles. The Labute approximate surface area is 147 Å². The van der Waals surface area contributed by atoms with Gasteiger partial charge in [-0.1, -0.05) is 18.2 Å². The van der Waals surface area contributed by atoms with Crippen molar-refractivity contribution in [3.63, 3.8) is 0 Å². The number of hydrogen-bond acceptors (Lipinski definition) is 5. The van der Waals surface area contributed by atoms with Gasteiger partial charge in [-0.15, -0.1) is 13.2 Å². The van der Waals surface area contributed by atoms with Crippen molar-refractivity contribution in [2.75, 3.05) is 11.7 Å². The maximum Gasteiger partial charge on any atom is 0.573 e. The van der Waals surface area contributed by atoms with Crippen LogP contribution in [0.2, 0.25) is 0 Å². The topological polar surface area (TPSA) is 41.0 Å². The van der Waals surface area contributed by atoms with Crippen molar-refractivity contribution >= 4 is 17.2 Å². The molecule has 1 aromatic heterocycles. The second-order valence-corrected chi connectivity index (χ2v) is 5.65. The molecule has 2 aliphatic rings. The summed E-state index contributed by atoms with van der Waals surface area (Å²) in [6.45, 7) is 0.509. The highest BCUT2D eigenvalue weighted by Crippen LogP contribution is 2.28. The summed E-state index contributed by atoms with van der Waals surface area (Å²) < 4.78 is 40.6. The fraction of sp³-hybridized carbons (Fsp3) is 0.111. The molecule has 0 N–H and O–H groups in total. The number of anilines is 1. The molecule has 3 heterocycles. The van der Waals surface area contributed by atoms with Gasteiger partial charge in [-0.2, -0.15) is 5.10 Å². The van der Waals surface area contributed by atoms with E-state index in [1.54, 1.807) is 23.3 Å². The Morgan fingerprint density at radius 3 is 2.50 bits per heavy atom. The zero-order chi connectivity index (χ0) is 18.1. The zero-order valence-corrected chi connectivity index (χ0v) is 13.4. The molecule has 5 nitrogen and oxygen atoms in total. The minimum Gasteiger partial charge on any atom is -0.406 e. The lowest BCUT2D eigenvalue weighted by Crippen LogP contribution is -2.27. The molecule has 26 heavy (non-hydrogen) atoms. The van der Waals surface area contributed by atoms with Gasteiger partial charge in [0.05, 0.1) is 0 Å². The smallest absolute Gasteiger partial charge is 0.406 e. The molecule has 8 heteroatoms. The first-order valence-corrected chi connectivity index (χ1v) is 7.78. The molecule has 0 aliphatic carbocycles. The molecule has 1 aromatic carbocycles. The second-order valence-electron chi connectivity index (χ2n) is 5.65. The summed E-state index contributed by atoms with van der Waals surface area (Å²) in [7, 11) is 0. The number of benzene rings is 1. The Morgan fingerprint density at radius 1 is 1.00 bits per heavy atom. The van der Waals surface area contributed by atoms with E-state index in [0.717, 1.165) is 22.8 Å². The first kappa shape index (κ1) is 16.2. The van der Waals surface area contributed by atoms with Crippen LogP contribution in [0.5, 0.6) is 5.75 Å². The van der Waals surface area contributed by atoms with Crippen LogP contribution in [0.3, 0.4) is 0 Å². The van der Waals surface area contributed by atoms with Crippen LogP contribution in [0, 0.1) is 0 Å². The molecular formula is C18H13F3N4O. The summed E-state index contributed by atoms with van der Waals surface area (Å²) in [4.78, 5) is 6.22. The molecule has 0 unspecified atom stereocenters. The Bertz CT molecular complexity index is 889. The normalized spacial score (nSPS) is 16.3. The van der Waals surface area contributed by atoms with E-state index in [1.165, 1.54) is 12.1 Å². The lowest BCUT2D eigenvalue weighted by atomic mass is 10.0. The van der Waals surface area contributed by atoms with E-state index in [9.17, 15) is 13.2 Å². The van der Waals surface area contributed by atoms with Crippen LogP contribution >= 0.6 is 0 Å². The summed E-state index contributed by atoms with van der Waals surface area (Å²) >= 11 is 0. The number of aromatic nitrogens is 1. The molecule has 0 radical (unpaired) electrons. The molecule has 0 fully saturated rings. The minimum absolute atomic E-state index is 0.244. The van der Waals surface area contributed by atoms with Gasteiger partial charge in [0.15, 0.2) is 11.7 Å². The minimum atomic E-state index is -4.69. The van der Waals surface area contributed by atoms with Crippen LogP contribution in [0.4, 0.5) is 19.0 Å². The first-order chi connectivity index (χ1) is 12.5. The van der Waals surface area contributed by atoms with Gasteiger partial charge >= 0.3 is 6.36 Å². The molecule has 2 aliphatic heterocycles. The predicted molar refractivity (Wildman–Crippen MR) is 91.1 cm³/mol. The van der Waals surface area contributed by atoms with Crippen LogP contribution in [0.15, 0.2) is 72.1 Å². The summed E-state index contributed by atoms with van der Waals surface area (Å²) in [6, 6.07) is 11.4. The molecule has 0 atom stereocenters. The first-order valence-electron chi connectivity index (χ1n) is 7.78. The van der Waals surface area contributed by atoms with Gasteiger partial charge in [0.25, 0.3) is 0 Å². The number of alkyl halides is 3. The molecule has 4 rings (SSSR count). The molecule has 0 spiro atoms. The van der Waals surface area contributed by atoms with Gasteiger partial charge in [-0.3, -0.25) is 0 Å². The number of hydrazone groups is 1. The number of ether oxygens (including phenoxy) is 1. The largest absolute Gasteiger partial charge is 0.573 e. The van der Waals surface area contributed by atoms with Gasteiger partial charge in [-0.25, -0.2) is 9.99 Å². The van der Waals surface area contributed by atoms with E-state index >= 15 is 0 Å². The summed E-state index contributed by atoms with van der Waals surface area (Å²) in [5.41, 5.74) is 1.65. The SMILES string of the molecule is FC(F)(F)Oc1ccc(C2=CN3CN(c4ccccn4)N=C3C=C2)cc1. The summed E-state index contributed by atoms with van der Waals surface area (Å²) in [6.07, 6.45) is 2.65. The van der Waals surface area contributed by atoms with Crippen molar-refractivity contribution in [3.05, 3.63) is 72.6 Å². The number of hydrogen-bond donors (Lipinski definition) is 0. The molecular weight excluding hydrogens is 345 g/mol. The molecule has 0 saturated heterocycles. The number of fused-ring (bicyclic) bond motifs is 1. The van der Waals surface area contributed by atoms with Gasteiger partial charge in [0.1, 0.15) is 12.4 Å². The van der Waals surface area contributed by atoms with Gasteiger partial charge in [0.2, 0.25) is 0 Å². The Kier molecular flexibility index (Phi) is 3.87. The Hall–Kier alpha value is -3.29. The van der Waals surface area contributed by atoms with E-state index in [2.05, 4.69) is 14.8 Å².